The molecule has 4 fully saturated rings. The Labute approximate surface area is 226 Å². The summed E-state index contributed by atoms with van der Waals surface area (Å²) >= 11 is 0. The minimum Gasteiger partial charge on any atom is -0.0996 e. The number of rotatable bonds is 10. The molecule has 4 aliphatic carbocycles. The number of unbranched alkanes of at least 4 members (excludes halogenated alkanes) is 4. The third kappa shape index (κ3) is 9.09. The van der Waals surface area contributed by atoms with Crippen molar-refractivity contribution in [3.8, 4) is 11.8 Å². The van der Waals surface area contributed by atoms with Crippen LogP contribution < -0.4 is 0 Å². The number of hydrogen-bond acceptors (Lipinski definition) is 0. The minimum absolute atomic E-state index is 0.728. The lowest BCUT2D eigenvalue weighted by Gasteiger charge is -2.41. The van der Waals surface area contributed by atoms with Crippen LogP contribution in [-0.2, 0) is 0 Å². The predicted molar refractivity (Wildman–Crippen MR) is 158 cm³/mol. The van der Waals surface area contributed by atoms with Gasteiger partial charge >= 0.3 is 0 Å². The van der Waals surface area contributed by atoms with Crippen molar-refractivity contribution in [1.82, 2.24) is 0 Å². The van der Waals surface area contributed by atoms with E-state index in [1.54, 1.807) is 51.4 Å². The van der Waals surface area contributed by atoms with E-state index in [2.05, 4.69) is 25.7 Å². The van der Waals surface area contributed by atoms with Gasteiger partial charge in [-0.3, -0.25) is 0 Å². The van der Waals surface area contributed by atoms with Crippen LogP contribution in [0.3, 0.4) is 0 Å². The van der Waals surface area contributed by atoms with Crippen molar-refractivity contribution in [1.29, 1.82) is 0 Å². The molecule has 0 amide bonds. The van der Waals surface area contributed by atoms with Crippen molar-refractivity contribution >= 4 is 0 Å². The minimum atomic E-state index is 0.728. The van der Waals surface area contributed by atoms with Crippen molar-refractivity contribution in [2.75, 3.05) is 0 Å². The summed E-state index contributed by atoms with van der Waals surface area (Å²) in [6.45, 7) is 4.69. The Morgan fingerprint density at radius 3 is 1.28 bits per heavy atom. The lowest BCUT2D eigenvalue weighted by molar-refractivity contribution is 0.108. The topological polar surface area (TPSA) is 0 Å². The summed E-state index contributed by atoms with van der Waals surface area (Å²) in [7, 11) is 0. The molecule has 206 valence electrons. The molecule has 0 bridgehead atoms. The third-order valence-electron chi connectivity index (χ3n) is 11.6. The van der Waals surface area contributed by atoms with Gasteiger partial charge in [0.15, 0.2) is 0 Å². The van der Waals surface area contributed by atoms with Crippen LogP contribution in [0.25, 0.3) is 0 Å². The van der Waals surface area contributed by atoms with Crippen LogP contribution in [-0.4, -0.2) is 0 Å². The van der Waals surface area contributed by atoms with Crippen LogP contribution >= 0.6 is 0 Å². The highest BCUT2D eigenvalue weighted by Crippen LogP contribution is 2.46. The summed E-state index contributed by atoms with van der Waals surface area (Å²) in [4.78, 5) is 0. The van der Waals surface area contributed by atoms with Gasteiger partial charge < -0.3 is 0 Å². The van der Waals surface area contributed by atoms with E-state index in [1.165, 1.54) is 103 Å². The summed E-state index contributed by atoms with van der Waals surface area (Å²) in [5.74, 6) is 15.4. The van der Waals surface area contributed by atoms with Crippen molar-refractivity contribution in [2.45, 2.75) is 168 Å². The molecule has 0 radical (unpaired) electrons. The Balaban J connectivity index is 1.07. The van der Waals surface area contributed by atoms with Gasteiger partial charge in [0.1, 0.15) is 0 Å². The Bertz CT molecular complexity index is 619. The van der Waals surface area contributed by atoms with Gasteiger partial charge in [0.25, 0.3) is 0 Å². The highest BCUT2D eigenvalue weighted by molar-refractivity contribution is 5.09. The molecular weight excluding hydrogens is 432 g/mol. The first-order chi connectivity index (χ1) is 17.7. The normalized spacial score (nSPS) is 37.7. The van der Waals surface area contributed by atoms with Crippen LogP contribution in [0.15, 0.2) is 0 Å². The van der Waals surface area contributed by atoms with Gasteiger partial charge in [0.2, 0.25) is 0 Å². The maximum Gasteiger partial charge on any atom is 0.0203 e. The van der Waals surface area contributed by atoms with Gasteiger partial charge in [-0.15, -0.1) is 0 Å². The summed E-state index contributed by atoms with van der Waals surface area (Å²) in [6.07, 6.45) is 35.6. The SMILES string of the molecule is CCCCCCCC1CCC(C#CC2CCC(C3CCC(C4CCC(CCC)CC4)CC3)CC2)CC1. The number of hydrogen-bond donors (Lipinski definition) is 0. The van der Waals surface area contributed by atoms with Gasteiger partial charge in [-0.05, 0) is 125 Å². The van der Waals surface area contributed by atoms with Gasteiger partial charge in [-0.25, -0.2) is 0 Å². The molecule has 0 aliphatic heterocycles. The molecule has 0 heterocycles. The molecule has 4 rings (SSSR count). The fourth-order valence-electron chi connectivity index (χ4n) is 9.05. The molecule has 0 heteroatoms. The van der Waals surface area contributed by atoms with Crippen LogP contribution in [0.1, 0.15) is 168 Å². The van der Waals surface area contributed by atoms with Gasteiger partial charge in [-0.1, -0.05) is 89.9 Å². The fourth-order valence-corrected chi connectivity index (χ4v) is 9.05. The molecule has 0 nitrogen and oxygen atoms in total. The zero-order valence-electron chi connectivity index (χ0n) is 24.6. The quantitative estimate of drug-likeness (QED) is 0.209. The Morgan fingerprint density at radius 1 is 0.389 bits per heavy atom. The molecule has 0 spiro atoms. The standard InChI is InChI=1S/C36H62/c1-3-5-6-7-8-10-30-11-13-31(14-12-30)15-16-32-19-23-34(24-20-32)36-27-25-35(26-28-36)33-21-17-29(9-4-2)18-22-33/h29-36H,3-14,17-28H2,1-2H3. The van der Waals surface area contributed by atoms with Crippen molar-refractivity contribution in [3.63, 3.8) is 0 Å². The lowest BCUT2D eigenvalue weighted by Crippen LogP contribution is -2.29. The molecule has 36 heavy (non-hydrogen) atoms. The van der Waals surface area contributed by atoms with E-state index in [0.29, 0.717) is 0 Å². The first-order valence-electron chi connectivity index (χ1n) is 17.3. The van der Waals surface area contributed by atoms with Crippen LogP contribution in [0.4, 0.5) is 0 Å². The molecular formula is C36H62. The summed E-state index contributed by atoms with van der Waals surface area (Å²) in [5, 5.41) is 0. The molecule has 0 aromatic heterocycles. The largest absolute Gasteiger partial charge is 0.0996 e. The average Bonchev–Trinajstić information content (AvgIpc) is 2.93. The lowest BCUT2D eigenvalue weighted by atomic mass is 9.65. The first kappa shape index (κ1) is 28.6. The first-order valence-corrected chi connectivity index (χ1v) is 17.3. The second-order valence-corrected chi connectivity index (χ2v) is 14.1. The molecule has 0 unspecified atom stereocenters. The van der Waals surface area contributed by atoms with E-state index in [0.717, 1.165) is 47.3 Å². The molecule has 4 saturated carbocycles. The fraction of sp³-hybridized carbons (Fsp3) is 0.944. The van der Waals surface area contributed by atoms with E-state index >= 15 is 0 Å². The van der Waals surface area contributed by atoms with Crippen LogP contribution in [0, 0.1) is 59.2 Å². The van der Waals surface area contributed by atoms with E-state index in [-0.39, 0.29) is 0 Å². The van der Waals surface area contributed by atoms with Gasteiger partial charge in [-0.2, -0.15) is 0 Å². The Kier molecular flexibility index (Phi) is 12.6. The summed E-state index contributed by atoms with van der Waals surface area (Å²) in [6, 6.07) is 0. The summed E-state index contributed by atoms with van der Waals surface area (Å²) in [5.41, 5.74) is 0. The molecule has 0 aromatic rings. The van der Waals surface area contributed by atoms with E-state index in [9.17, 15) is 0 Å². The smallest absolute Gasteiger partial charge is 0.0203 e. The Hall–Kier alpha value is -0.440. The van der Waals surface area contributed by atoms with Crippen LogP contribution in [0.5, 0.6) is 0 Å². The van der Waals surface area contributed by atoms with Gasteiger partial charge in [0.05, 0.1) is 0 Å². The van der Waals surface area contributed by atoms with E-state index in [1.807, 2.05) is 0 Å². The van der Waals surface area contributed by atoms with Gasteiger partial charge in [0, 0.05) is 11.8 Å². The van der Waals surface area contributed by atoms with Crippen molar-refractivity contribution in [2.24, 2.45) is 47.3 Å². The Morgan fingerprint density at radius 2 is 0.778 bits per heavy atom. The molecule has 0 N–H and O–H groups in total. The van der Waals surface area contributed by atoms with Crippen molar-refractivity contribution in [3.05, 3.63) is 0 Å². The third-order valence-corrected chi connectivity index (χ3v) is 11.6. The monoisotopic (exact) mass is 494 g/mol. The maximum absolute atomic E-state index is 3.81. The van der Waals surface area contributed by atoms with Crippen molar-refractivity contribution < 1.29 is 0 Å². The highest BCUT2D eigenvalue weighted by atomic mass is 14.4. The highest BCUT2D eigenvalue weighted by Gasteiger charge is 2.34. The predicted octanol–water partition coefficient (Wildman–Crippen LogP) is 11.4. The zero-order valence-corrected chi connectivity index (χ0v) is 24.6. The molecule has 0 saturated heterocycles. The van der Waals surface area contributed by atoms with E-state index < -0.39 is 0 Å². The van der Waals surface area contributed by atoms with Crippen LogP contribution in [0.2, 0.25) is 0 Å². The van der Waals surface area contributed by atoms with E-state index in [4.69, 9.17) is 0 Å². The molecule has 4 aliphatic rings. The molecule has 0 atom stereocenters. The maximum atomic E-state index is 3.81. The molecule has 0 aromatic carbocycles. The average molecular weight is 495 g/mol. The summed E-state index contributed by atoms with van der Waals surface area (Å²) < 4.78 is 0. The zero-order chi connectivity index (χ0) is 25.0. The second-order valence-electron chi connectivity index (χ2n) is 14.1. The second kappa shape index (κ2) is 15.8.